The van der Waals surface area contributed by atoms with Gasteiger partial charge in [0.15, 0.2) is 17.0 Å². The molecule has 198 valence electrons. The number of nitrogens with two attached hydrogens (primary N) is 1. The SMILES string of the molecule is COc1ccc(-c2cc(C(F)(F)F)n3nc(C(=O)Nc4sc5c(c4C(N)=O)CCC(C)C5)c(Br)c3n2)cc1. The van der Waals surface area contributed by atoms with Crippen LogP contribution in [0.5, 0.6) is 5.75 Å². The zero-order chi connectivity index (χ0) is 27.4. The summed E-state index contributed by atoms with van der Waals surface area (Å²) in [7, 11) is 1.48. The molecule has 0 saturated heterocycles. The number of hydrogen-bond donors (Lipinski definition) is 2. The summed E-state index contributed by atoms with van der Waals surface area (Å²) in [5.74, 6) is -0.512. The van der Waals surface area contributed by atoms with Crippen molar-refractivity contribution in [3.8, 4) is 17.0 Å². The molecule has 3 aromatic heterocycles. The smallest absolute Gasteiger partial charge is 0.433 e. The van der Waals surface area contributed by atoms with Crippen LogP contribution in [0.1, 0.15) is 50.3 Å². The second-order valence-corrected chi connectivity index (χ2v) is 10.9. The first kappa shape index (κ1) is 26.2. The first-order valence-electron chi connectivity index (χ1n) is 11.5. The van der Waals surface area contributed by atoms with E-state index in [1.54, 1.807) is 24.3 Å². The van der Waals surface area contributed by atoms with Crippen molar-refractivity contribution in [2.24, 2.45) is 11.7 Å². The molecule has 4 aromatic rings. The molecule has 0 bridgehead atoms. The monoisotopic (exact) mass is 607 g/mol. The van der Waals surface area contributed by atoms with E-state index in [0.29, 0.717) is 28.2 Å². The molecule has 38 heavy (non-hydrogen) atoms. The second-order valence-electron chi connectivity index (χ2n) is 9.03. The molecule has 3 N–H and O–H groups in total. The molecule has 0 aliphatic heterocycles. The van der Waals surface area contributed by atoms with Crippen molar-refractivity contribution in [3.05, 3.63) is 62.2 Å². The Balaban J connectivity index is 1.58. The van der Waals surface area contributed by atoms with Crippen molar-refractivity contribution in [2.75, 3.05) is 12.4 Å². The average Bonchev–Trinajstić information content (AvgIpc) is 3.39. The predicted octanol–water partition coefficient (Wildman–Crippen LogP) is 5.72. The number of nitrogens with zero attached hydrogens (tertiary/aromatic N) is 3. The van der Waals surface area contributed by atoms with Gasteiger partial charge < -0.3 is 15.8 Å². The summed E-state index contributed by atoms with van der Waals surface area (Å²) in [6.45, 7) is 2.10. The van der Waals surface area contributed by atoms with Crippen LogP contribution in [0.3, 0.4) is 0 Å². The number of aromatic nitrogens is 3. The number of halogens is 4. The van der Waals surface area contributed by atoms with Crippen molar-refractivity contribution in [2.45, 2.75) is 32.4 Å². The van der Waals surface area contributed by atoms with Gasteiger partial charge in [-0.25, -0.2) is 9.50 Å². The van der Waals surface area contributed by atoms with Gasteiger partial charge in [0.2, 0.25) is 0 Å². The van der Waals surface area contributed by atoms with Gasteiger partial charge in [0.25, 0.3) is 11.8 Å². The topological polar surface area (TPSA) is 112 Å². The summed E-state index contributed by atoms with van der Waals surface area (Å²) in [5, 5.41) is 6.86. The lowest BCUT2D eigenvalue weighted by molar-refractivity contribution is -0.142. The minimum atomic E-state index is -4.79. The lowest BCUT2D eigenvalue weighted by Crippen LogP contribution is -2.20. The van der Waals surface area contributed by atoms with Crippen molar-refractivity contribution < 1.29 is 27.5 Å². The minimum absolute atomic E-state index is 0.0218. The van der Waals surface area contributed by atoms with Crippen LogP contribution in [0.15, 0.2) is 34.8 Å². The Morgan fingerprint density at radius 2 is 1.97 bits per heavy atom. The van der Waals surface area contributed by atoms with E-state index in [2.05, 4.69) is 38.3 Å². The number of amides is 2. The fourth-order valence-electron chi connectivity index (χ4n) is 4.51. The van der Waals surface area contributed by atoms with Crippen LogP contribution in [0, 0.1) is 5.92 Å². The highest BCUT2D eigenvalue weighted by molar-refractivity contribution is 9.10. The van der Waals surface area contributed by atoms with E-state index in [1.807, 2.05) is 0 Å². The summed E-state index contributed by atoms with van der Waals surface area (Å²) in [5.41, 5.74) is 5.53. The Bertz CT molecular complexity index is 1580. The Kier molecular flexibility index (Phi) is 6.68. The quantitative estimate of drug-likeness (QED) is 0.301. The van der Waals surface area contributed by atoms with Crippen LogP contribution >= 0.6 is 27.3 Å². The number of ether oxygens (including phenoxy) is 1. The molecule has 1 aromatic carbocycles. The number of benzene rings is 1. The van der Waals surface area contributed by atoms with Gasteiger partial charge in [-0.15, -0.1) is 11.3 Å². The molecule has 8 nitrogen and oxygen atoms in total. The van der Waals surface area contributed by atoms with Gasteiger partial charge in [-0.1, -0.05) is 6.92 Å². The number of carbonyl (C=O) groups excluding carboxylic acids is 2. The van der Waals surface area contributed by atoms with E-state index in [4.69, 9.17) is 10.5 Å². The molecule has 1 unspecified atom stereocenters. The third-order valence-corrected chi connectivity index (χ3v) is 8.31. The molecule has 1 aliphatic carbocycles. The van der Waals surface area contributed by atoms with Crippen LogP contribution in [0.4, 0.5) is 18.2 Å². The van der Waals surface area contributed by atoms with E-state index in [9.17, 15) is 22.8 Å². The predicted molar refractivity (Wildman–Crippen MR) is 140 cm³/mol. The molecular formula is C25H21BrF3N5O3S. The number of methoxy groups -OCH3 is 1. The van der Waals surface area contributed by atoms with E-state index in [1.165, 1.54) is 18.4 Å². The fraction of sp³-hybridized carbons (Fsp3) is 0.280. The molecule has 5 rings (SSSR count). The first-order chi connectivity index (χ1) is 18.0. The van der Waals surface area contributed by atoms with Crippen molar-refractivity contribution in [1.82, 2.24) is 14.6 Å². The van der Waals surface area contributed by atoms with E-state index >= 15 is 0 Å². The second kappa shape index (κ2) is 9.70. The van der Waals surface area contributed by atoms with Gasteiger partial charge in [-0.3, -0.25) is 9.59 Å². The molecule has 0 radical (unpaired) electrons. The van der Waals surface area contributed by atoms with Gasteiger partial charge in [0.1, 0.15) is 10.8 Å². The van der Waals surface area contributed by atoms with Gasteiger partial charge in [0.05, 0.1) is 22.8 Å². The Hall–Kier alpha value is -3.45. The fourth-order valence-corrected chi connectivity index (χ4v) is 6.44. The van der Waals surface area contributed by atoms with Gasteiger partial charge in [-0.05, 0) is 77.0 Å². The Morgan fingerprint density at radius 3 is 2.61 bits per heavy atom. The highest BCUT2D eigenvalue weighted by atomic mass is 79.9. The zero-order valence-electron chi connectivity index (χ0n) is 20.1. The highest BCUT2D eigenvalue weighted by Crippen LogP contribution is 2.40. The number of nitrogens with one attached hydrogen (secondary N) is 1. The maximum absolute atomic E-state index is 14.1. The summed E-state index contributed by atoms with van der Waals surface area (Å²) in [6, 6.07) is 7.25. The number of thiophene rings is 1. The summed E-state index contributed by atoms with van der Waals surface area (Å²) >= 11 is 4.48. The third kappa shape index (κ3) is 4.64. The van der Waals surface area contributed by atoms with Crippen LogP contribution in [-0.2, 0) is 19.0 Å². The number of rotatable bonds is 5. The Labute approximate surface area is 227 Å². The number of carbonyl (C=O) groups is 2. The first-order valence-corrected chi connectivity index (χ1v) is 13.2. The van der Waals surface area contributed by atoms with E-state index < -0.39 is 23.7 Å². The van der Waals surface area contributed by atoms with Crippen LogP contribution < -0.4 is 15.8 Å². The lowest BCUT2D eigenvalue weighted by Gasteiger charge is -2.18. The third-order valence-electron chi connectivity index (χ3n) is 6.41. The molecule has 0 saturated carbocycles. The molecule has 3 heterocycles. The number of hydrogen-bond acceptors (Lipinski definition) is 6. The minimum Gasteiger partial charge on any atom is -0.497 e. The van der Waals surface area contributed by atoms with Crippen molar-refractivity contribution >= 4 is 49.7 Å². The number of anilines is 1. The van der Waals surface area contributed by atoms with Gasteiger partial charge in [-0.2, -0.15) is 18.3 Å². The van der Waals surface area contributed by atoms with E-state index in [0.717, 1.165) is 29.3 Å². The molecule has 13 heteroatoms. The molecule has 1 atom stereocenters. The summed E-state index contributed by atoms with van der Waals surface area (Å²) in [6.07, 6.45) is -2.49. The number of fused-ring (bicyclic) bond motifs is 2. The summed E-state index contributed by atoms with van der Waals surface area (Å²) in [4.78, 5) is 30.8. The zero-order valence-corrected chi connectivity index (χ0v) is 22.6. The highest BCUT2D eigenvalue weighted by Gasteiger charge is 2.37. The average molecular weight is 608 g/mol. The normalized spacial score (nSPS) is 15.4. The van der Waals surface area contributed by atoms with Crippen LogP contribution in [0.2, 0.25) is 0 Å². The van der Waals surface area contributed by atoms with Crippen LogP contribution in [0.25, 0.3) is 16.9 Å². The number of primary amides is 1. The van der Waals surface area contributed by atoms with Gasteiger partial charge >= 0.3 is 6.18 Å². The molecule has 0 fully saturated rings. The number of alkyl halides is 3. The molecule has 0 spiro atoms. The molecule has 2 amide bonds. The van der Waals surface area contributed by atoms with Crippen LogP contribution in [-0.4, -0.2) is 33.5 Å². The molecule has 1 aliphatic rings. The van der Waals surface area contributed by atoms with E-state index in [-0.39, 0.29) is 32.1 Å². The van der Waals surface area contributed by atoms with Crippen molar-refractivity contribution in [3.63, 3.8) is 0 Å². The summed E-state index contributed by atoms with van der Waals surface area (Å²) < 4.78 is 47.8. The largest absolute Gasteiger partial charge is 0.497 e. The van der Waals surface area contributed by atoms with Gasteiger partial charge in [0, 0.05) is 10.4 Å². The lowest BCUT2D eigenvalue weighted by atomic mass is 9.88. The molecular weight excluding hydrogens is 587 g/mol. The Morgan fingerprint density at radius 1 is 1.26 bits per heavy atom. The standard InChI is InChI=1S/C25H21BrF3N5O3S/c1-11-3-8-14-16(9-11)38-24(18(14)21(30)35)32-23(36)20-19(26)22-31-15(12-4-6-13(37-2)7-5-12)10-17(25(27,28)29)34(22)33-20/h4-7,10-11H,3,8-9H2,1-2H3,(H2,30,35)(H,32,36). The van der Waals surface area contributed by atoms with Crippen molar-refractivity contribution in [1.29, 1.82) is 0 Å². The maximum atomic E-state index is 14.1. The maximum Gasteiger partial charge on any atom is 0.433 e.